The lowest BCUT2D eigenvalue weighted by atomic mass is 9.79. The van der Waals surface area contributed by atoms with E-state index in [0.717, 1.165) is 28.0 Å². The first-order valence-electron chi connectivity index (χ1n) is 23.8. The highest BCUT2D eigenvalue weighted by Crippen LogP contribution is 2.36. The standard InChI is InChI=1S/C50H78N4O13/c1-14-40-35(25-63-50-48(62-13)47(61-12)44(59)33(9)65-50)19-26(2)15-16-38(55)30(6)21-34(17-18-54-24-37(51-52-54)36-22-28(4)27(3)20-29(36)5)46(31(7)39(56)23-41(57)66-40)67-49-45(60)42(53(10)11)43(58)32(8)64-49/h15-16,19-20,22,24,30-35,39-40,42-50,56,58-60H,14,17-18,21,23,25H2,1-13H3/t30-,31+,32-,33?,34+,35-,39-,40-,42?,43-,44-,45?,46-,47+,48?,49+,50-/m1/s1. The number of ether oxygens (including phenoxy) is 7. The zero-order chi connectivity index (χ0) is 49.4. The summed E-state index contributed by atoms with van der Waals surface area (Å²) in [6.07, 6.45) is -3.30. The first kappa shape index (κ1) is 54.5. The van der Waals surface area contributed by atoms with Crippen LogP contribution in [0, 0.1) is 44.4 Å². The molecule has 3 aliphatic rings. The van der Waals surface area contributed by atoms with Gasteiger partial charge in [0.15, 0.2) is 18.4 Å². The second-order valence-electron chi connectivity index (χ2n) is 19.4. The smallest absolute Gasteiger partial charge is 0.308 e. The molecule has 0 spiro atoms. The molecule has 3 aliphatic heterocycles. The van der Waals surface area contributed by atoms with Crippen molar-refractivity contribution in [2.24, 2.45) is 23.7 Å². The second kappa shape index (κ2) is 24.4. The summed E-state index contributed by atoms with van der Waals surface area (Å²) in [6, 6.07) is 3.50. The van der Waals surface area contributed by atoms with Crippen LogP contribution in [0.2, 0.25) is 0 Å². The van der Waals surface area contributed by atoms with Gasteiger partial charge in [0.25, 0.3) is 0 Å². The number of esters is 1. The van der Waals surface area contributed by atoms with Crippen molar-refractivity contribution in [3.8, 4) is 11.3 Å². The summed E-state index contributed by atoms with van der Waals surface area (Å²) in [5.41, 5.74) is 5.84. The van der Waals surface area contributed by atoms with E-state index in [0.29, 0.717) is 25.8 Å². The monoisotopic (exact) mass is 943 g/mol. The van der Waals surface area contributed by atoms with Gasteiger partial charge < -0.3 is 58.5 Å². The van der Waals surface area contributed by atoms with Gasteiger partial charge in [-0.2, -0.15) is 0 Å². The van der Waals surface area contributed by atoms with Crippen LogP contribution in [0.15, 0.2) is 42.1 Å². The van der Waals surface area contributed by atoms with E-state index < -0.39 is 109 Å². The van der Waals surface area contributed by atoms with Gasteiger partial charge in [0.1, 0.15) is 36.2 Å². The second-order valence-corrected chi connectivity index (χ2v) is 19.4. The molecule has 17 atom stereocenters. The molecule has 0 bridgehead atoms. The third kappa shape index (κ3) is 13.5. The Kier molecular flexibility index (Phi) is 19.8. The predicted octanol–water partition coefficient (Wildman–Crippen LogP) is 4.25. The lowest BCUT2D eigenvalue weighted by Crippen LogP contribution is -2.63. The van der Waals surface area contributed by atoms with Crippen molar-refractivity contribution < 1.29 is 63.2 Å². The molecule has 17 nitrogen and oxygen atoms in total. The molecule has 376 valence electrons. The molecular formula is C50H78N4O13. The van der Waals surface area contributed by atoms with Gasteiger partial charge in [0.05, 0.1) is 55.8 Å². The minimum absolute atomic E-state index is 0.0178. The molecular weight excluding hydrogens is 865 g/mol. The molecule has 0 amide bonds. The summed E-state index contributed by atoms with van der Waals surface area (Å²) in [7, 11) is 6.47. The van der Waals surface area contributed by atoms with Gasteiger partial charge in [0.2, 0.25) is 0 Å². The average Bonchev–Trinajstić information content (AvgIpc) is 3.75. The molecule has 1 aromatic carbocycles. The Morgan fingerprint density at radius 3 is 2.15 bits per heavy atom. The van der Waals surface area contributed by atoms with Crippen LogP contribution in [0.25, 0.3) is 11.3 Å². The highest BCUT2D eigenvalue weighted by molar-refractivity contribution is 5.91. The van der Waals surface area contributed by atoms with Crippen LogP contribution in [-0.2, 0) is 49.3 Å². The number of aliphatic hydroxyl groups is 4. The molecule has 2 fully saturated rings. The highest BCUT2D eigenvalue weighted by atomic mass is 16.7. The molecule has 4 unspecified atom stereocenters. The number of benzene rings is 1. The fourth-order valence-corrected chi connectivity index (χ4v) is 9.75. The van der Waals surface area contributed by atoms with Crippen LogP contribution in [0.3, 0.4) is 0 Å². The Morgan fingerprint density at radius 1 is 0.836 bits per heavy atom. The topological polar surface area (TPSA) is 214 Å². The van der Waals surface area contributed by atoms with Gasteiger partial charge in [-0.05, 0) is 110 Å². The van der Waals surface area contributed by atoms with Crippen LogP contribution in [0.5, 0.6) is 0 Å². The first-order valence-corrected chi connectivity index (χ1v) is 23.8. The van der Waals surface area contributed by atoms with Gasteiger partial charge in [0, 0.05) is 44.1 Å². The number of methoxy groups -OCH3 is 2. The van der Waals surface area contributed by atoms with Crippen molar-refractivity contribution >= 4 is 11.8 Å². The molecule has 67 heavy (non-hydrogen) atoms. The fraction of sp³-hybridized carbons (Fsp3) is 0.720. The third-order valence-electron chi connectivity index (χ3n) is 14.1. The molecule has 1 aromatic heterocycles. The Hall–Kier alpha value is -3.46. The fourth-order valence-electron chi connectivity index (χ4n) is 9.75. The van der Waals surface area contributed by atoms with E-state index in [1.807, 2.05) is 40.0 Å². The number of aromatic nitrogens is 3. The van der Waals surface area contributed by atoms with Crippen LogP contribution >= 0.6 is 0 Å². The highest BCUT2D eigenvalue weighted by Gasteiger charge is 2.48. The maximum atomic E-state index is 14.1. The molecule has 0 aliphatic carbocycles. The van der Waals surface area contributed by atoms with E-state index in [4.69, 9.17) is 33.2 Å². The largest absolute Gasteiger partial charge is 0.462 e. The maximum absolute atomic E-state index is 14.1. The summed E-state index contributed by atoms with van der Waals surface area (Å²) >= 11 is 0. The predicted molar refractivity (Wildman–Crippen MR) is 249 cm³/mol. The van der Waals surface area contributed by atoms with Gasteiger partial charge in [-0.15, -0.1) is 5.10 Å². The SMILES string of the molecule is CC[C@H]1OC(=O)C[C@@H](O)[C@H](C)[C@@H](O[C@@H]2O[C@H](C)[C@@H](O)C(N(C)C)C2O)[C@@H](CCn2cc(-c3cc(C)c(C)cc3C)nn2)C[C@@H](C)C(=O)C=CC(C)=C[C@@H]1CO[C@@H]1OC(C)[C@@H](O)[C@H](OC)C1OC. The van der Waals surface area contributed by atoms with E-state index in [1.54, 1.807) is 56.6 Å². The molecule has 0 radical (unpaired) electrons. The maximum Gasteiger partial charge on any atom is 0.308 e. The van der Waals surface area contributed by atoms with Gasteiger partial charge >= 0.3 is 5.97 Å². The summed E-state index contributed by atoms with van der Waals surface area (Å²) in [5, 5.41) is 54.5. The van der Waals surface area contributed by atoms with E-state index in [2.05, 4.69) is 36.3 Å². The Balaban J connectivity index is 1.49. The minimum atomic E-state index is -1.29. The molecule has 2 saturated heterocycles. The van der Waals surface area contributed by atoms with Gasteiger partial charge in [-0.1, -0.05) is 49.8 Å². The van der Waals surface area contributed by atoms with Crippen molar-refractivity contribution in [2.45, 2.75) is 174 Å². The summed E-state index contributed by atoms with van der Waals surface area (Å²) in [5.74, 6) is -3.03. The number of cyclic esters (lactones) is 1. The number of allylic oxidation sites excluding steroid dienone is 3. The van der Waals surface area contributed by atoms with Gasteiger partial charge in [-0.25, -0.2) is 0 Å². The number of carbonyl (C=O) groups excluding carboxylic acids is 2. The number of rotatable bonds is 13. The molecule has 2 aromatic rings. The van der Waals surface area contributed by atoms with Crippen molar-refractivity contribution in [3.63, 3.8) is 0 Å². The number of carbonyl (C=O) groups is 2. The van der Waals surface area contributed by atoms with Crippen LogP contribution in [0.4, 0.5) is 0 Å². The number of nitrogens with zero attached hydrogens (tertiary/aromatic N) is 4. The molecule has 4 N–H and O–H groups in total. The Bertz CT molecular complexity index is 1990. The van der Waals surface area contributed by atoms with Gasteiger partial charge in [-0.3, -0.25) is 14.3 Å². The van der Waals surface area contributed by atoms with Crippen LogP contribution in [0.1, 0.15) is 83.9 Å². The lowest BCUT2D eigenvalue weighted by Gasteiger charge is -2.46. The molecule has 0 saturated carbocycles. The van der Waals surface area contributed by atoms with E-state index >= 15 is 0 Å². The first-order chi connectivity index (χ1) is 31.7. The average molecular weight is 943 g/mol. The third-order valence-corrected chi connectivity index (χ3v) is 14.1. The normalized spacial score (nSPS) is 36.3. The van der Waals surface area contributed by atoms with Crippen LogP contribution in [-0.4, -0.2) is 167 Å². The number of aliphatic hydroxyl groups excluding tert-OH is 4. The van der Waals surface area contributed by atoms with Crippen molar-refractivity contribution in [2.75, 3.05) is 34.9 Å². The van der Waals surface area contributed by atoms with E-state index in [9.17, 15) is 30.0 Å². The number of ketones is 1. The van der Waals surface area contributed by atoms with Crippen molar-refractivity contribution in [3.05, 3.63) is 58.8 Å². The number of aryl methyl sites for hydroxylation is 4. The quantitative estimate of drug-likeness (QED) is 0.207. The molecule has 5 rings (SSSR count). The van der Waals surface area contributed by atoms with Crippen LogP contribution < -0.4 is 0 Å². The van der Waals surface area contributed by atoms with E-state index in [1.165, 1.54) is 19.8 Å². The minimum Gasteiger partial charge on any atom is -0.462 e. The molecule has 4 heterocycles. The van der Waals surface area contributed by atoms with Crippen molar-refractivity contribution in [1.82, 2.24) is 19.9 Å². The number of hydrogen-bond acceptors (Lipinski definition) is 16. The number of hydrogen-bond donors (Lipinski definition) is 4. The van der Waals surface area contributed by atoms with E-state index in [-0.39, 0.29) is 18.8 Å². The van der Waals surface area contributed by atoms with Crippen molar-refractivity contribution in [1.29, 1.82) is 0 Å². The summed E-state index contributed by atoms with van der Waals surface area (Å²) < 4.78 is 44.4. The Morgan fingerprint density at radius 2 is 1.49 bits per heavy atom. The summed E-state index contributed by atoms with van der Waals surface area (Å²) in [6.45, 7) is 17.4. The zero-order valence-corrected chi connectivity index (χ0v) is 41.8. The lowest BCUT2D eigenvalue weighted by molar-refractivity contribution is -0.304. The Labute approximate surface area is 396 Å². The molecule has 17 heteroatoms. The zero-order valence-electron chi connectivity index (χ0n) is 41.8. The number of likely N-dealkylation sites (N-methyl/N-ethyl adjacent to an activating group) is 1. The summed E-state index contributed by atoms with van der Waals surface area (Å²) in [4.78, 5) is 29.8.